The minimum Gasteiger partial charge on any atom is -0.352 e. The van der Waals surface area contributed by atoms with Gasteiger partial charge in [-0.3, -0.25) is 14.7 Å². The fourth-order valence-corrected chi connectivity index (χ4v) is 2.20. The predicted octanol–water partition coefficient (Wildman–Crippen LogP) is 0.564. The van der Waals surface area contributed by atoms with Crippen LogP contribution in [0.2, 0.25) is 0 Å². The highest BCUT2D eigenvalue weighted by Crippen LogP contribution is 2.16. The number of nitrogens with one attached hydrogen (secondary N) is 2. The molecule has 0 radical (unpaired) electrons. The number of nitrogens with zero attached hydrogens (tertiary/aromatic N) is 2. The zero-order chi connectivity index (χ0) is 13.7. The fourth-order valence-electron chi connectivity index (χ4n) is 2.20. The van der Waals surface area contributed by atoms with E-state index in [0.29, 0.717) is 18.0 Å². The number of H-pyrrole nitrogens is 1. The molecule has 1 fully saturated rings. The van der Waals surface area contributed by atoms with Gasteiger partial charge in [0.25, 0.3) is 5.91 Å². The number of amides is 2. The molecule has 19 heavy (non-hydrogen) atoms. The summed E-state index contributed by atoms with van der Waals surface area (Å²) in [7, 11) is 0. The van der Waals surface area contributed by atoms with Crippen molar-refractivity contribution in [2.75, 3.05) is 19.6 Å². The SMILES string of the molecule is C=CC(=O)N1CCC(CNC(=O)c2cn[nH]c2)CC1. The third-order valence-electron chi connectivity index (χ3n) is 3.41. The van der Waals surface area contributed by atoms with Crippen molar-refractivity contribution in [1.29, 1.82) is 0 Å². The van der Waals surface area contributed by atoms with Gasteiger partial charge in [0.05, 0.1) is 11.8 Å². The largest absolute Gasteiger partial charge is 0.352 e. The van der Waals surface area contributed by atoms with Crippen molar-refractivity contribution in [3.8, 4) is 0 Å². The summed E-state index contributed by atoms with van der Waals surface area (Å²) < 4.78 is 0. The lowest BCUT2D eigenvalue weighted by molar-refractivity contribution is -0.127. The lowest BCUT2D eigenvalue weighted by atomic mass is 9.96. The van der Waals surface area contributed by atoms with Crippen LogP contribution in [0, 0.1) is 5.92 Å². The van der Waals surface area contributed by atoms with Crippen LogP contribution < -0.4 is 5.32 Å². The smallest absolute Gasteiger partial charge is 0.254 e. The molecule has 0 saturated carbocycles. The van der Waals surface area contributed by atoms with Gasteiger partial charge in [0.2, 0.25) is 5.91 Å². The number of carbonyl (C=O) groups excluding carboxylic acids is 2. The van der Waals surface area contributed by atoms with E-state index in [-0.39, 0.29) is 11.8 Å². The lowest BCUT2D eigenvalue weighted by Gasteiger charge is -2.31. The number of aromatic amines is 1. The van der Waals surface area contributed by atoms with Crippen molar-refractivity contribution >= 4 is 11.8 Å². The van der Waals surface area contributed by atoms with E-state index in [1.54, 1.807) is 11.1 Å². The molecule has 6 heteroatoms. The van der Waals surface area contributed by atoms with E-state index >= 15 is 0 Å². The Kier molecular flexibility index (Phi) is 4.33. The predicted molar refractivity (Wildman–Crippen MR) is 70.4 cm³/mol. The lowest BCUT2D eigenvalue weighted by Crippen LogP contribution is -2.40. The van der Waals surface area contributed by atoms with E-state index < -0.39 is 0 Å². The molecule has 1 aliphatic rings. The molecule has 0 unspecified atom stereocenters. The van der Waals surface area contributed by atoms with Gasteiger partial charge in [-0.25, -0.2) is 0 Å². The molecule has 0 bridgehead atoms. The Morgan fingerprint density at radius 2 is 2.26 bits per heavy atom. The maximum absolute atomic E-state index is 11.7. The maximum atomic E-state index is 11.7. The van der Waals surface area contributed by atoms with Gasteiger partial charge in [-0.15, -0.1) is 0 Å². The highest BCUT2D eigenvalue weighted by molar-refractivity contribution is 5.93. The van der Waals surface area contributed by atoms with Gasteiger partial charge in [0, 0.05) is 25.8 Å². The minimum atomic E-state index is -0.113. The average molecular weight is 262 g/mol. The summed E-state index contributed by atoms with van der Waals surface area (Å²) >= 11 is 0. The Morgan fingerprint density at radius 1 is 1.53 bits per heavy atom. The molecule has 2 amide bonds. The first kappa shape index (κ1) is 13.3. The third-order valence-corrected chi connectivity index (χ3v) is 3.41. The highest BCUT2D eigenvalue weighted by Gasteiger charge is 2.21. The summed E-state index contributed by atoms with van der Waals surface area (Å²) in [6.07, 6.45) is 6.23. The Hall–Kier alpha value is -2.11. The average Bonchev–Trinajstić information content (AvgIpc) is 2.98. The number of likely N-dealkylation sites (tertiary alicyclic amines) is 1. The molecular formula is C13H18N4O2. The number of hydrogen-bond donors (Lipinski definition) is 2. The van der Waals surface area contributed by atoms with Crippen molar-refractivity contribution < 1.29 is 9.59 Å². The van der Waals surface area contributed by atoms with Crippen LogP contribution in [0.25, 0.3) is 0 Å². The first-order valence-corrected chi connectivity index (χ1v) is 6.39. The molecule has 2 heterocycles. The van der Waals surface area contributed by atoms with E-state index in [1.807, 2.05) is 0 Å². The number of rotatable bonds is 4. The molecule has 0 atom stereocenters. The second-order valence-electron chi connectivity index (χ2n) is 4.67. The Labute approximate surface area is 111 Å². The standard InChI is InChI=1S/C13H18N4O2/c1-2-12(18)17-5-3-10(4-6-17)7-14-13(19)11-8-15-16-9-11/h2,8-10H,1,3-7H2,(H,14,19)(H,15,16). The first-order valence-electron chi connectivity index (χ1n) is 6.39. The van der Waals surface area contributed by atoms with Gasteiger partial charge in [-0.05, 0) is 24.8 Å². The van der Waals surface area contributed by atoms with Crippen molar-refractivity contribution in [2.45, 2.75) is 12.8 Å². The molecule has 1 aromatic heterocycles. The van der Waals surface area contributed by atoms with Crippen LogP contribution in [0.4, 0.5) is 0 Å². The number of piperidine rings is 1. The topological polar surface area (TPSA) is 78.1 Å². The Balaban J connectivity index is 1.73. The molecule has 1 saturated heterocycles. The molecule has 2 rings (SSSR count). The maximum Gasteiger partial charge on any atom is 0.254 e. The molecule has 102 valence electrons. The van der Waals surface area contributed by atoms with Crippen LogP contribution in [0.5, 0.6) is 0 Å². The fraction of sp³-hybridized carbons (Fsp3) is 0.462. The quantitative estimate of drug-likeness (QED) is 0.778. The third kappa shape index (κ3) is 3.43. The van der Waals surface area contributed by atoms with E-state index in [2.05, 4.69) is 22.1 Å². The Morgan fingerprint density at radius 3 is 2.84 bits per heavy atom. The van der Waals surface area contributed by atoms with E-state index in [0.717, 1.165) is 25.9 Å². The summed E-state index contributed by atoms with van der Waals surface area (Å²) in [4.78, 5) is 24.9. The molecule has 0 spiro atoms. The van der Waals surface area contributed by atoms with Gasteiger partial charge in [0.15, 0.2) is 0 Å². The zero-order valence-corrected chi connectivity index (χ0v) is 10.8. The van der Waals surface area contributed by atoms with E-state index in [9.17, 15) is 9.59 Å². The molecule has 1 aromatic rings. The first-order chi connectivity index (χ1) is 9.20. The van der Waals surface area contributed by atoms with Gasteiger partial charge in [-0.2, -0.15) is 5.10 Å². The highest BCUT2D eigenvalue weighted by atomic mass is 16.2. The van der Waals surface area contributed by atoms with Gasteiger partial charge >= 0.3 is 0 Å². The number of hydrogen-bond acceptors (Lipinski definition) is 3. The van der Waals surface area contributed by atoms with Crippen LogP contribution in [0.1, 0.15) is 23.2 Å². The number of carbonyl (C=O) groups is 2. The van der Waals surface area contributed by atoms with Crippen LogP contribution >= 0.6 is 0 Å². The van der Waals surface area contributed by atoms with Crippen LogP contribution in [-0.4, -0.2) is 46.5 Å². The van der Waals surface area contributed by atoms with E-state index in [4.69, 9.17) is 0 Å². The minimum absolute atomic E-state index is 0.0131. The Bertz CT molecular complexity index is 447. The summed E-state index contributed by atoms with van der Waals surface area (Å²) in [6.45, 7) is 5.59. The molecular weight excluding hydrogens is 244 g/mol. The number of aromatic nitrogens is 2. The van der Waals surface area contributed by atoms with Crippen molar-refractivity contribution in [3.63, 3.8) is 0 Å². The molecule has 0 aliphatic carbocycles. The molecule has 6 nitrogen and oxygen atoms in total. The molecule has 0 aromatic carbocycles. The van der Waals surface area contributed by atoms with Crippen LogP contribution in [0.15, 0.2) is 25.0 Å². The van der Waals surface area contributed by atoms with Gasteiger partial charge < -0.3 is 10.2 Å². The monoisotopic (exact) mass is 262 g/mol. The molecule has 2 N–H and O–H groups in total. The van der Waals surface area contributed by atoms with Crippen LogP contribution in [0.3, 0.4) is 0 Å². The van der Waals surface area contributed by atoms with Crippen molar-refractivity contribution in [2.24, 2.45) is 5.92 Å². The van der Waals surface area contributed by atoms with Gasteiger partial charge in [0.1, 0.15) is 0 Å². The van der Waals surface area contributed by atoms with E-state index in [1.165, 1.54) is 12.3 Å². The molecule has 1 aliphatic heterocycles. The van der Waals surface area contributed by atoms with Crippen LogP contribution in [-0.2, 0) is 4.79 Å². The zero-order valence-electron chi connectivity index (χ0n) is 10.8. The summed E-state index contributed by atoms with van der Waals surface area (Å²) in [6, 6.07) is 0. The summed E-state index contributed by atoms with van der Waals surface area (Å²) in [5.74, 6) is 0.295. The van der Waals surface area contributed by atoms with Gasteiger partial charge in [-0.1, -0.05) is 6.58 Å². The normalized spacial score (nSPS) is 16.1. The second-order valence-corrected chi connectivity index (χ2v) is 4.67. The summed E-state index contributed by atoms with van der Waals surface area (Å²) in [5, 5.41) is 9.24. The summed E-state index contributed by atoms with van der Waals surface area (Å²) in [5.41, 5.74) is 0.541. The second kappa shape index (κ2) is 6.17. The van der Waals surface area contributed by atoms with Crippen molar-refractivity contribution in [3.05, 3.63) is 30.6 Å². The van der Waals surface area contributed by atoms with Crippen molar-refractivity contribution in [1.82, 2.24) is 20.4 Å².